The fourth-order valence-electron chi connectivity index (χ4n) is 2.36. The van der Waals surface area contributed by atoms with Crippen LogP contribution >= 0.6 is 11.3 Å². The summed E-state index contributed by atoms with van der Waals surface area (Å²) >= 11 is 1.23. The fourth-order valence-corrected chi connectivity index (χ4v) is 3.25. The molecule has 3 aromatic rings. The van der Waals surface area contributed by atoms with Crippen LogP contribution < -0.4 is 10.1 Å². The molecule has 24 heavy (non-hydrogen) atoms. The molecule has 6 heteroatoms. The SMILES string of the molecule is CC(C)c1ccccc1OCC(=O)Nc1nc2c(F)cccc2s1. The van der Waals surface area contributed by atoms with E-state index >= 15 is 0 Å². The van der Waals surface area contributed by atoms with Gasteiger partial charge in [-0.05, 0) is 29.7 Å². The first-order chi connectivity index (χ1) is 11.5. The van der Waals surface area contributed by atoms with E-state index in [-0.39, 0.29) is 18.0 Å². The molecule has 2 aromatic carbocycles. The lowest BCUT2D eigenvalue weighted by atomic mass is 10.0. The number of aromatic nitrogens is 1. The average Bonchev–Trinajstić information content (AvgIpc) is 2.97. The van der Waals surface area contributed by atoms with Gasteiger partial charge in [0.05, 0.1) is 4.70 Å². The van der Waals surface area contributed by atoms with Crippen molar-refractivity contribution in [1.82, 2.24) is 4.98 Å². The summed E-state index contributed by atoms with van der Waals surface area (Å²) in [5.41, 5.74) is 1.32. The maximum absolute atomic E-state index is 13.6. The largest absolute Gasteiger partial charge is 0.483 e. The molecule has 1 heterocycles. The Morgan fingerprint density at radius 1 is 1.25 bits per heavy atom. The van der Waals surface area contributed by atoms with Crippen molar-refractivity contribution in [3.8, 4) is 5.75 Å². The molecular formula is C18H17FN2O2S. The monoisotopic (exact) mass is 344 g/mol. The van der Waals surface area contributed by atoms with Gasteiger partial charge in [0.15, 0.2) is 11.7 Å². The van der Waals surface area contributed by atoms with Crippen LogP contribution in [-0.4, -0.2) is 17.5 Å². The molecule has 0 atom stereocenters. The summed E-state index contributed by atoms with van der Waals surface area (Å²) in [6.07, 6.45) is 0. The standard InChI is InChI=1S/C18H17FN2O2S/c1-11(2)12-6-3-4-8-14(12)23-10-16(22)20-18-21-17-13(19)7-5-9-15(17)24-18/h3-9,11H,10H2,1-2H3,(H,20,21,22). The van der Waals surface area contributed by atoms with Crippen molar-refractivity contribution in [2.45, 2.75) is 19.8 Å². The lowest BCUT2D eigenvalue weighted by molar-refractivity contribution is -0.118. The van der Waals surface area contributed by atoms with Crippen molar-refractivity contribution >= 4 is 32.6 Å². The summed E-state index contributed by atoms with van der Waals surface area (Å²) in [6, 6.07) is 12.4. The molecule has 0 fully saturated rings. The lowest BCUT2D eigenvalue weighted by Crippen LogP contribution is -2.20. The number of nitrogens with zero attached hydrogens (tertiary/aromatic N) is 1. The molecule has 0 aliphatic rings. The minimum atomic E-state index is -0.397. The molecule has 0 spiro atoms. The zero-order chi connectivity index (χ0) is 17.1. The van der Waals surface area contributed by atoms with E-state index in [2.05, 4.69) is 24.1 Å². The molecule has 3 rings (SSSR count). The average molecular weight is 344 g/mol. The third kappa shape index (κ3) is 3.54. The molecule has 0 saturated heterocycles. The Morgan fingerprint density at radius 2 is 2.04 bits per heavy atom. The number of para-hydroxylation sites is 2. The van der Waals surface area contributed by atoms with E-state index in [0.717, 1.165) is 5.56 Å². The van der Waals surface area contributed by atoms with Crippen molar-refractivity contribution < 1.29 is 13.9 Å². The Balaban J connectivity index is 1.66. The van der Waals surface area contributed by atoms with Gasteiger partial charge in [-0.25, -0.2) is 9.37 Å². The second kappa shape index (κ2) is 6.97. The van der Waals surface area contributed by atoms with E-state index in [9.17, 15) is 9.18 Å². The number of nitrogens with one attached hydrogen (secondary N) is 1. The fraction of sp³-hybridized carbons (Fsp3) is 0.222. The Bertz CT molecular complexity index is 876. The van der Waals surface area contributed by atoms with Crippen LogP contribution in [0.1, 0.15) is 25.3 Å². The third-order valence-electron chi connectivity index (χ3n) is 3.52. The third-order valence-corrected chi connectivity index (χ3v) is 4.45. The van der Waals surface area contributed by atoms with Crippen LogP contribution in [0.25, 0.3) is 10.2 Å². The van der Waals surface area contributed by atoms with E-state index in [1.807, 2.05) is 24.3 Å². The number of rotatable bonds is 5. The van der Waals surface area contributed by atoms with Gasteiger partial charge in [-0.1, -0.05) is 49.4 Å². The van der Waals surface area contributed by atoms with Gasteiger partial charge in [-0.2, -0.15) is 0 Å². The Hall–Kier alpha value is -2.47. The number of fused-ring (bicyclic) bond motifs is 1. The van der Waals surface area contributed by atoms with Crippen molar-refractivity contribution in [2.75, 3.05) is 11.9 Å². The van der Waals surface area contributed by atoms with Crippen molar-refractivity contribution in [3.05, 3.63) is 53.8 Å². The molecule has 0 aliphatic heterocycles. The molecule has 124 valence electrons. The number of carbonyl (C=O) groups is 1. The van der Waals surface area contributed by atoms with Gasteiger partial charge in [0, 0.05) is 0 Å². The Labute approximate surface area is 143 Å². The van der Waals surface area contributed by atoms with Gasteiger partial charge in [-0.3, -0.25) is 10.1 Å². The number of halogens is 1. The first kappa shape index (κ1) is 16.4. The lowest BCUT2D eigenvalue weighted by Gasteiger charge is -2.13. The Kier molecular flexibility index (Phi) is 4.76. The normalized spacial score (nSPS) is 11.0. The highest BCUT2D eigenvalue weighted by Gasteiger charge is 2.12. The number of thiazole rings is 1. The molecule has 0 saturated carbocycles. The first-order valence-corrected chi connectivity index (χ1v) is 8.43. The van der Waals surface area contributed by atoms with Gasteiger partial charge in [0.25, 0.3) is 5.91 Å². The topological polar surface area (TPSA) is 51.2 Å². The van der Waals surface area contributed by atoms with Gasteiger partial charge < -0.3 is 4.74 Å². The maximum Gasteiger partial charge on any atom is 0.264 e. The molecule has 1 amide bonds. The molecule has 0 unspecified atom stereocenters. The number of anilines is 1. The highest BCUT2D eigenvalue weighted by molar-refractivity contribution is 7.22. The molecule has 0 radical (unpaired) electrons. The minimum absolute atomic E-state index is 0.123. The van der Waals surface area contributed by atoms with E-state index in [1.54, 1.807) is 12.1 Å². The summed E-state index contributed by atoms with van der Waals surface area (Å²) in [4.78, 5) is 16.2. The summed E-state index contributed by atoms with van der Waals surface area (Å²) in [7, 11) is 0. The number of hydrogen-bond donors (Lipinski definition) is 1. The number of amides is 1. The molecular weight excluding hydrogens is 327 g/mol. The molecule has 0 bridgehead atoms. The van der Waals surface area contributed by atoms with Crippen LogP contribution in [-0.2, 0) is 4.79 Å². The summed E-state index contributed by atoms with van der Waals surface area (Å²) in [5, 5.41) is 3.02. The summed E-state index contributed by atoms with van der Waals surface area (Å²) in [5.74, 6) is 0.272. The van der Waals surface area contributed by atoms with Crippen LogP contribution in [0.5, 0.6) is 5.75 Å². The molecule has 0 aliphatic carbocycles. The first-order valence-electron chi connectivity index (χ1n) is 7.61. The van der Waals surface area contributed by atoms with E-state index < -0.39 is 5.82 Å². The van der Waals surface area contributed by atoms with E-state index in [0.29, 0.717) is 21.5 Å². The number of hydrogen-bond acceptors (Lipinski definition) is 4. The van der Waals surface area contributed by atoms with Crippen molar-refractivity contribution in [1.29, 1.82) is 0 Å². The second-order valence-electron chi connectivity index (χ2n) is 5.63. The molecule has 1 aromatic heterocycles. The molecule has 1 N–H and O–H groups in total. The highest BCUT2D eigenvalue weighted by atomic mass is 32.1. The Morgan fingerprint density at radius 3 is 2.79 bits per heavy atom. The maximum atomic E-state index is 13.6. The highest BCUT2D eigenvalue weighted by Crippen LogP contribution is 2.28. The predicted molar refractivity (Wildman–Crippen MR) is 94.2 cm³/mol. The number of ether oxygens (including phenoxy) is 1. The van der Waals surface area contributed by atoms with Crippen LogP contribution in [0.3, 0.4) is 0 Å². The smallest absolute Gasteiger partial charge is 0.264 e. The summed E-state index contributed by atoms with van der Waals surface area (Å²) < 4.78 is 19.9. The van der Waals surface area contributed by atoms with Crippen LogP contribution in [0.2, 0.25) is 0 Å². The van der Waals surface area contributed by atoms with Crippen molar-refractivity contribution in [3.63, 3.8) is 0 Å². The van der Waals surface area contributed by atoms with Gasteiger partial charge >= 0.3 is 0 Å². The van der Waals surface area contributed by atoms with Gasteiger partial charge in [0.1, 0.15) is 17.1 Å². The quantitative estimate of drug-likeness (QED) is 0.737. The van der Waals surface area contributed by atoms with Gasteiger partial charge in [0.2, 0.25) is 0 Å². The zero-order valence-corrected chi connectivity index (χ0v) is 14.2. The zero-order valence-electron chi connectivity index (χ0n) is 13.4. The van der Waals surface area contributed by atoms with Crippen molar-refractivity contribution in [2.24, 2.45) is 0 Å². The predicted octanol–water partition coefficient (Wildman–Crippen LogP) is 4.58. The number of carbonyl (C=O) groups excluding carboxylic acids is 1. The summed E-state index contributed by atoms with van der Waals surface area (Å²) in [6.45, 7) is 4.01. The van der Waals surface area contributed by atoms with Crippen LogP contribution in [0.15, 0.2) is 42.5 Å². The van der Waals surface area contributed by atoms with E-state index in [1.165, 1.54) is 17.4 Å². The van der Waals surface area contributed by atoms with Crippen LogP contribution in [0, 0.1) is 5.82 Å². The number of benzene rings is 2. The second-order valence-corrected chi connectivity index (χ2v) is 6.67. The minimum Gasteiger partial charge on any atom is -0.483 e. The van der Waals surface area contributed by atoms with Crippen LogP contribution in [0.4, 0.5) is 9.52 Å². The van der Waals surface area contributed by atoms with E-state index in [4.69, 9.17) is 4.74 Å². The molecule has 4 nitrogen and oxygen atoms in total. The van der Waals surface area contributed by atoms with Gasteiger partial charge in [-0.15, -0.1) is 0 Å².